The molecule has 0 amide bonds. The first-order chi connectivity index (χ1) is 4.01. The minimum absolute atomic E-state index is 0.194. The first kappa shape index (κ1) is 6.82. The Kier molecular flexibility index (Phi) is 1.40. The standard InChI is InChI=1S/C4H4F2O2S/c1-2-3(9)8-4(5,6)7-2/h2H,1H3. The molecule has 0 aromatic carbocycles. The van der Waals surface area contributed by atoms with Crippen LogP contribution in [0, 0.1) is 0 Å². The van der Waals surface area contributed by atoms with Crippen LogP contribution in [-0.4, -0.2) is 17.4 Å². The Labute approximate surface area is 55.7 Å². The van der Waals surface area contributed by atoms with E-state index in [0.29, 0.717) is 0 Å². The normalized spacial score (nSPS) is 32.3. The summed E-state index contributed by atoms with van der Waals surface area (Å²) in [5.74, 6) is 0. The molecule has 52 valence electrons. The second kappa shape index (κ2) is 1.85. The van der Waals surface area contributed by atoms with Crippen molar-refractivity contribution in [2.24, 2.45) is 0 Å². The summed E-state index contributed by atoms with van der Waals surface area (Å²) >= 11 is 4.36. The van der Waals surface area contributed by atoms with Crippen LogP contribution in [0.15, 0.2) is 0 Å². The van der Waals surface area contributed by atoms with Gasteiger partial charge in [0.25, 0.3) is 0 Å². The van der Waals surface area contributed by atoms with E-state index in [4.69, 9.17) is 0 Å². The van der Waals surface area contributed by atoms with Crippen molar-refractivity contribution < 1.29 is 18.3 Å². The molecule has 1 rings (SSSR count). The first-order valence-electron chi connectivity index (χ1n) is 2.30. The summed E-state index contributed by atoms with van der Waals surface area (Å²) in [7, 11) is 0. The summed E-state index contributed by atoms with van der Waals surface area (Å²) in [6.07, 6.45) is -4.29. The van der Waals surface area contributed by atoms with Crippen LogP contribution in [0.3, 0.4) is 0 Å². The molecule has 2 nitrogen and oxygen atoms in total. The molecule has 9 heavy (non-hydrogen) atoms. The van der Waals surface area contributed by atoms with Crippen LogP contribution in [0.4, 0.5) is 8.78 Å². The van der Waals surface area contributed by atoms with Gasteiger partial charge in [0.15, 0.2) is 5.05 Å². The smallest absolute Gasteiger partial charge is 0.400 e. The third-order valence-electron chi connectivity index (χ3n) is 0.865. The number of thiocarbonyl (C=S) groups is 1. The van der Waals surface area contributed by atoms with E-state index < -0.39 is 12.4 Å². The molecule has 0 bridgehead atoms. The lowest BCUT2D eigenvalue weighted by Gasteiger charge is -2.02. The van der Waals surface area contributed by atoms with Crippen LogP contribution in [-0.2, 0) is 9.47 Å². The van der Waals surface area contributed by atoms with Gasteiger partial charge in [0.2, 0.25) is 0 Å². The lowest BCUT2D eigenvalue weighted by atomic mass is 10.5. The Balaban J connectivity index is 2.65. The molecule has 1 fully saturated rings. The molecule has 1 aliphatic rings. The van der Waals surface area contributed by atoms with Crippen molar-refractivity contribution in [2.45, 2.75) is 19.3 Å². The van der Waals surface area contributed by atoms with Gasteiger partial charge in [-0.2, -0.15) is 0 Å². The molecule has 1 atom stereocenters. The zero-order valence-electron chi connectivity index (χ0n) is 4.56. The van der Waals surface area contributed by atoms with Gasteiger partial charge in [-0.05, 0) is 19.1 Å². The largest absolute Gasteiger partial charge is 0.536 e. The van der Waals surface area contributed by atoms with Crippen LogP contribution >= 0.6 is 12.2 Å². The summed E-state index contributed by atoms with van der Waals surface area (Å²) in [5.41, 5.74) is 0. The van der Waals surface area contributed by atoms with Crippen molar-refractivity contribution in [3.63, 3.8) is 0 Å². The van der Waals surface area contributed by atoms with Gasteiger partial charge in [0, 0.05) is 0 Å². The van der Waals surface area contributed by atoms with Crippen LogP contribution < -0.4 is 0 Å². The molecule has 1 heterocycles. The highest BCUT2D eigenvalue weighted by Crippen LogP contribution is 2.27. The molecule has 1 saturated heterocycles. The number of hydrogen-bond acceptors (Lipinski definition) is 3. The van der Waals surface area contributed by atoms with Crippen molar-refractivity contribution in [1.29, 1.82) is 0 Å². The number of rotatable bonds is 0. The van der Waals surface area contributed by atoms with E-state index in [1.54, 1.807) is 0 Å². The van der Waals surface area contributed by atoms with Crippen molar-refractivity contribution >= 4 is 17.3 Å². The number of ether oxygens (including phenoxy) is 2. The molecule has 0 spiro atoms. The molecule has 0 aromatic rings. The molecule has 5 heteroatoms. The summed E-state index contributed by atoms with van der Waals surface area (Å²) < 4.78 is 31.6. The molecule has 1 unspecified atom stereocenters. The van der Waals surface area contributed by atoms with E-state index >= 15 is 0 Å². The predicted octanol–water partition coefficient (Wildman–Crippen LogP) is 1.30. The Morgan fingerprint density at radius 2 is 2.22 bits per heavy atom. The molecular weight excluding hydrogens is 150 g/mol. The average molecular weight is 154 g/mol. The molecule has 0 radical (unpaired) electrons. The maximum atomic E-state index is 11.9. The maximum absolute atomic E-state index is 11.9. The monoisotopic (exact) mass is 154 g/mol. The highest BCUT2D eigenvalue weighted by molar-refractivity contribution is 7.80. The van der Waals surface area contributed by atoms with E-state index in [1.165, 1.54) is 6.92 Å². The van der Waals surface area contributed by atoms with E-state index in [9.17, 15) is 8.78 Å². The number of hydrogen-bond donors (Lipinski definition) is 0. The zero-order valence-corrected chi connectivity index (χ0v) is 5.37. The zero-order chi connectivity index (χ0) is 7.07. The van der Waals surface area contributed by atoms with Crippen molar-refractivity contribution in [1.82, 2.24) is 0 Å². The summed E-state index contributed by atoms with van der Waals surface area (Å²) in [6.45, 7) is 1.41. The van der Waals surface area contributed by atoms with Gasteiger partial charge in [0.05, 0.1) is 0 Å². The van der Waals surface area contributed by atoms with Gasteiger partial charge in [0.1, 0.15) is 6.10 Å². The first-order valence-corrected chi connectivity index (χ1v) is 2.70. The Morgan fingerprint density at radius 1 is 1.67 bits per heavy atom. The Hall–Kier alpha value is -0.290. The van der Waals surface area contributed by atoms with Crippen LogP contribution in [0.25, 0.3) is 0 Å². The van der Waals surface area contributed by atoms with Crippen molar-refractivity contribution in [3.8, 4) is 0 Å². The molecule has 0 saturated carbocycles. The molecule has 0 aromatic heterocycles. The van der Waals surface area contributed by atoms with Crippen LogP contribution in [0.1, 0.15) is 6.92 Å². The fourth-order valence-corrected chi connectivity index (χ4v) is 0.623. The lowest BCUT2D eigenvalue weighted by Crippen LogP contribution is -2.16. The third kappa shape index (κ3) is 1.34. The molecular formula is C4H4F2O2S. The number of halogens is 2. The van der Waals surface area contributed by atoms with E-state index in [0.717, 1.165) is 0 Å². The summed E-state index contributed by atoms with van der Waals surface area (Å²) in [6, 6.07) is 0. The SMILES string of the molecule is CC1OC(F)(F)OC1=S. The lowest BCUT2D eigenvalue weighted by molar-refractivity contribution is -0.335. The summed E-state index contributed by atoms with van der Waals surface area (Å²) in [5, 5.41) is -0.194. The van der Waals surface area contributed by atoms with Crippen LogP contribution in [0.5, 0.6) is 0 Å². The average Bonchev–Trinajstić information content (AvgIpc) is 1.79. The highest BCUT2D eigenvalue weighted by Gasteiger charge is 2.45. The fourth-order valence-electron chi connectivity index (χ4n) is 0.478. The van der Waals surface area contributed by atoms with E-state index in [2.05, 4.69) is 21.7 Å². The van der Waals surface area contributed by atoms with E-state index in [-0.39, 0.29) is 5.05 Å². The molecule has 0 aliphatic carbocycles. The summed E-state index contributed by atoms with van der Waals surface area (Å²) in [4.78, 5) is 0. The van der Waals surface area contributed by atoms with Crippen LogP contribution in [0.2, 0.25) is 0 Å². The maximum Gasteiger partial charge on any atom is 0.536 e. The predicted molar refractivity (Wildman–Crippen MR) is 29.2 cm³/mol. The topological polar surface area (TPSA) is 18.5 Å². The van der Waals surface area contributed by atoms with Crippen molar-refractivity contribution in [3.05, 3.63) is 0 Å². The van der Waals surface area contributed by atoms with Crippen molar-refractivity contribution in [2.75, 3.05) is 0 Å². The fraction of sp³-hybridized carbons (Fsp3) is 0.750. The minimum Gasteiger partial charge on any atom is -0.400 e. The van der Waals surface area contributed by atoms with E-state index in [1.807, 2.05) is 0 Å². The molecule has 0 N–H and O–H groups in total. The minimum atomic E-state index is -3.50. The Morgan fingerprint density at radius 3 is 2.33 bits per heavy atom. The van der Waals surface area contributed by atoms with Gasteiger partial charge >= 0.3 is 6.29 Å². The second-order valence-electron chi connectivity index (χ2n) is 1.64. The van der Waals surface area contributed by atoms with Gasteiger partial charge in [-0.1, -0.05) is 0 Å². The highest BCUT2D eigenvalue weighted by atomic mass is 32.1. The second-order valence-corrected chi connectivity index (χ2v) is 2.05. The van der Waals surface area contributed by atoms with Gasteiger partial charge < -0.3 is 4.74 Å². The quantitative estimate of drug-likeness (QED) is 0.490. The van der Waals surface area contributed by atoms with Gasteiger partial charge in [-0.15, -0.1) is 8.78 Å². The Bertz CT molecular complexity index is 148. The number of alkyl halides is 2. The van der Waals surface area contributed by atoms with Gasteiger partial charge in [-0.25, -0.2) is 0 Å². The van der Waals surface area contributed by atoms with Gasteiger partial charge in [-0.3, -0.25) is 4.74 Å². The molecule has 1 aliphatic heterocycles. The third-order valence-corrected chi connectivity index (χ3v) is 1.28.